The van der Waals surface area contributed by atoms with Crippen LogP contribution in [0.25, 0.3) is 0 Å². The molecule has 2 amide bonds. The first kappa shape index (κ1) is 17.6. The van der Waals surface area contributed by atoms with Crippen molar-refractivity contribution in [2.75, 3.05) is 11.9 Å². The quantitative estimate of drug-likeness (QED) is 0.808. The summed E-state index contributed by atoms with van der Waals surface area (Å²) in [4.78, 5) is 30.5. The zero-order valence-corrected chi connectivity index (χ0v) is 15.4. The molecule has 1 heterocycles. The van der Waals surface area contributed by atoms with Crippen LogP contribution < -0.4 is 5.32 Å². The van der Waals surface area contributed by atoms with Gasteiger partial charge in [-0.1, -0.05) is 22.9 Å². The van der Waals surface area contributed by atoms with Gasteiger partial charge in [0, 0.05) is 27.7 Å². The lowest BCUT2D eigenvalue weighted by atomic mass is 10.1. The number of amides is 2. The van der Waals surface area contributed by atoms with Crippen molar-refractivity contribution in [1.29, 1.82) is 0 Å². The number of hydrogen-bond acceptors (Lipinski definition) is 4. The molecule has 7 heteroatoms. The molecule has 0 aliphatic heterocycles. The first-order valence-electron chi connectivity index (χ1n) is 7.27. The third kappa shape index (κ3) is 4.87. The molecular weight excluding hydrogens is 378 g/mol. The summed E-state index contributed by atoms with van der Waals surface area (Å²) in [5.41, 5.74) is 0.565. The van der Waals surface area contributed by atoms with Crippen molar-refractivity contribution in [2.24, 2.45) is 0 Å². The van der Waals surface area contributed by atoms with Gasteiger partial charge in [-0.05, 0) is 37.6 Å². The third-order valence-electron chi connectivity index (χ3n) is 3.47. The Labute approximate surface area is 147 Å². The van der Waals surface area contributed by atoms with Gasteiger partial charge < -0.3 is 10.2 Å². The molecule has 1 atom stereocenters. The highest BCUT2D eigenvalue weighted by molar-refractivity contribution is 9.10. The lowest BCUT2D eigenvalue weighted by molar-refractivity contribution is -0.117. The molecule has 23 heavy (non-hydrogen) atoms. The van der Waals surface area contributed by atoms with E-state index in [0.717, 1.165) is 10.9 Å². The van der Waals surface area contributed by atoms with E-state index in [2.05, 4.69) is 26.2 Å². The van der Waals surface area contributed by atoms with E-state index in [9.17, 15) is 9.59 Å². The number of hydrogen-bond donors (Lipinski definition) is 1. The van der Waals surface area contributed by atoms with Crippen LogP contribution in [-0.2, 0) is 4.79 Å². The fraction of sp³-hybridized carbons (Fsp3) is 0.312. The molecular formula is C16H18BrN3O2S. The predicted molar refractivity (Wildman–Crippen MR) is 95.7 cm³/mol. The minimum absolute atomic E-state index is 0.00346. The van der Waals surface area contributed by atoms with Crippen LogP contribution in [0.1, 0.15) is 30.6 Å². The maximum Gasteiger partial charge on any atom is 0.254 e. The first-order valence-corrected chi connectivity index (χ1v) is 8.94. The van der Waals surface area contributed by atoms with Crippen LogP contribution in [0.3, 0.4) is 0 Å². The zero-order valence-electron chi connectivity index (χ0n) is 13.0. The maximum atomic E-state index is 12.7. The Kier molecular flexibility index (Phi) is 6.29. The number of carbonyl (C=O) groups excluding carboxylic acids is 2. The van der Waals surface area contributed by atoms with Gasteiger partial charge in [0.1, 0.15) is 6.54 Å². The number of rotatable bonds is 6. The number of halogens is 1. The summed E-state index contributed by atoms with van der Waals surface area (Å²) in [5.74, 6) is -0.396. The first-order chi connectivity index (χ1) is 11.0. The van der Waals surface area contributed by atoms with Crippen LogP contribution in [0.15, 0.2) is 40.3 Å². The fourth-order valence-corrected chi connectivity index (χ4v) is 2.81. The number of carbonyl (C=O) groups is 2. The summed E-state index contributed by atoms with van der Waals surface area (Å²) in [6.07, 6.45) is 2.40. The van der Waals surface area contributed by atoms with Gasteiger partial charge >= 0.3 is 0 Å². The Morgan fingerprint density at radius 1 is 1.35 bits per heavy atom. The minimum atomic E-state index is -0.245. The molecule has 0 saturated carbocycles. The largest absolute Gasteiger partial charge is 0.327 e. The Hall–Kier alpha value is -1.73. The zero-order chi connectivity index (χ0) is 16.8. The van der Waals surface area contributed by atoms with Gasteiger partial charge in [-0.3, -0.25) is 9.59 Å². The average molecular weight is 396 g/mol. The number of nitrogens with one attached hydrogen (secondary N) is 1. The number of nitrogens with zero attached hydrogens (tertiary/aromatic N) is 2. The molecule has 1 unspecified atom stereocenters. The number of aromatic nitrogens is 1. The van der Waals surface area contributed by atoms with Crippen molar-refractivity contribution in [3.05, 3.63) is 45.9 Å². The summed E-state index contributed by atoms with van der Waals surface area (Å²) >= 11 is 4.70. The smallest absolute Gasteiger partial charge is 0.254 e. The highest BCUT2D eigenvalue weighted by Crippen LogP contribution is 2.16. The third-order valence-corrected chi connectivity index (χ3v) is 4.68. The Balaban J connectivity index is 2.11. The number of benzene rings is 1. The number of anilines is 1. The molecule has 1 aromatic heterocycles. The van der Waals surface area contributed by atoms with E-state index in [1.54, 1.807) is 28.6 Å². The predicted octanol–water partition coefficient (Wildman–Crippen LogP) is 3.79. The van der Waals surface area contributed by atoms with Crippen LogP contribution in [-0.4, -0.2) is 34.3 Å². The molecule has 1 N–H and O–H groups in total. The van der Waals surface area contributed by atoms with Gasteiger partial charge in [0.05, 0.1) is 0 Å². The molecule has 0 spiro atoms. The molecule has 0 saturated heterocycles. The van der Waals surface area contributed by atoms with E-state index in [4.69, 9.17) is 0 Å². The van der Waals surface area contributed by atoms with Crippen molar-refractivity contribution in [1.82, 2.24) is 9.88 Å². The van der Waals surface area contributed by atoms with Gasteiger partial charge in [0.25, 0.3) is 5.91 Å². The van der Waals surface area contributed by atoms with E-state index in [-0.39, 0.29) is 24.4 Å². The average Bonchev–Trinajstić information content (AvgIpc) is 3.05. The molecule has 0 aliphatic carbocycles. The second-order valence-corrected chi connectivity index (χ2v) is 6.89. The van der Waals surface area contributed by atoms with Crippen LogP contribution in [0.2, 0.25) is 0 Å². The highest BCUT2D eigenvalue weighted by Gasteiger charge is 2.23. The van der Waals surface area contributed by atoms with Crippen molar-refractivity contribution >= 4 is 44.2 Å². The van der Waals surface area contributed by atoms with E-state index >= 15 is 0 Å². The van der Waals surface area contributed by atoms with Gasteiger partial charge in [0.2, 0.25) is 5.91 Å². The second-order valence-electron chi connectivity index (χ2n) is 5.08. The SMILES string of the molecule is CCC(C)N(CC(=O)Nc1nccs1)C(=O)c1ccc(Br)cc1. The van der Waals surface area contributed by atoms with E-state index in [0.29, 0.717) is 10.7 Å². The molecule has 2 aromatic rings. The van der Waals surface area contributed by atoms with E-state index in [1.165, 1.54) is 11.3 Å². The minimum Gasteiger partial charge on any atom is -0.327 e. The topological polar surface area (TPSA) is 62.3 Å². The summed E-state index contributed by atoms with van der Waals surface area (Å²) < 4.78 is 0.908. The lowest BCUT2D eigenvalue weighted by Crippen LogP contribution is -2.43. The lowest BCUT2D eigenvalue weighted by Gasteiger charge is -2.28. The van der Waals surface area contributed by atoms with Crippen LogP contribution in [0.5, 0.6) is 0 Å². The molecule has 0 fully saturated rings. The summed E-state index contributed by atoms with van der Waals surface area (Å²) in [6, 6.07) is 7.10. The van der Waals surface area contributed by atoms with Crippen molar-refractivity contribution in [3.63, 3.8) is 0 Å². The van der Waals surface area contributed by atoms with Crippen molar-refractivity contribution in [3.8, 4) is 0 Å². The van der Waals surface area contributed by atoms with Crippen molar-refractivity contribution < 1.29 is 9.59 Å². The molecule has 122 valence electrons. The fourth-order valence-electron chi connectivity index (χ4n) is 2.01. The monoisotopic (exact) mass is 395 g/mol. The standard InChI is InChI=1S/C16H18BrN3O2S/c1-3-11(2)20(10-14(21)19-16-18-8-9-23-16)15(22)12-4-6-13(17)7-5-12/h4-9,11H,3,10H2,1-2H3,(H,18,19,21). The molecule has 2 rings (SSSR count). The van der Waals surface area contributed by atoms with Crippen LogP contribution in [0.4, 0.5) is 5.13 Å². The normalized spacial score (nSPS) is 11.8. The van der Waals surface area contributed by atoms with E-state index in [1.807, 2.05) is 26.0 Å². The van der Waals surface area contributed by atoms with Crippen LogP contribution in [0, 0.1) is 0 Å². The highest BCUT2D eigenvalue weighted by atomic mass is 79.9. The molecule has 1 aromatic carbocycles. The molecule has 0 radical (unpaired) electrons. The van der Waals surface area contributed by atoms with Gasteiger partial charge in [-0.15, -0.1) is 11.3 Å². The Bertz CT molecular complexity index is 658. The maximum absolute atomic E-state index is 12.7. The molecule has 0 aliphatic rings. The molecule has 0 bridgehead atoms. The van der Waals surface area contributed by atoms with Gasteiger partial charge in [0.15, 0.2) is 5.13 Å². The summed E-state index contributed by atoms with van der Waals surface area (Å²) in [6.45, 7) is 3.93. The Morgan fingerprint density at radius 2 is 2.04 bits per heavy atom. The second kappa shape index (κ2) is 8.21. The number of thiazole rings is 1. The van der Waals surface area contributed by atoms with Crippen molar-refractivity contribution in [2.45, 2.75) is 26.3 Å². The van der Waals surface area contributed by atoms with Gasteiger partial charge in [-0.25, -0.2) is 4.98 Å². The van der Waals surface area contributed by atoms with E-state index < -0.39 is 0 Å². The summed E-state index contributed by atoms with van der Waals surface area (Å²) in [5, 5.41) is 5.04. The summed E-state index contributed by atoms with van der Waals surface area (Å²) in [7, 11) is 0. The van der Waals surface area contributed by atoms with Crippen LogP contribution >= 0.6 is 27.3 Å². The Morgan fingerprint density at radius 3 is 2.61 bits per heavy atom. The van der Waals surface area contributed by atoms with Gasteiger partial charge in [-0.2, -0.15) is 0 Å². The molecule has 5 nitrogen and oxygen atoms in total.